The van der Waals surface area contributed by atoms with Gasteiger partial charge in [0.1, 0.15) is 5.75 Å². The number of anilines is 2. The van der Waals surface area contributed by atoms with E-state index >= 15 is 0 Å². The third-order valence-corrected chi connectivity index (χ3v) is 8.81. The highest BCUT2D eigenvalue weighted by molar-refractivity contribution is 6.16. The summed E-state index contributed by atoms with van der Waals surface area (Å²) in [6.45, 7) is 5.11. The quantitative estimate of drug-likeness (QED) is 0.0642. The van der Waals surface area contributed by atoms with Crippen molar-refractivity contribution in [2.24, 2.45) is 0 Å². The van der Waals surface area contributed by atoms with Gasteiger partial charge in [-0.15, -0.1) is 0 Å². The Kier molecular flexibility index (Phi) is 15.0. The van der Waals surface area contributed by atoms with Crippen molar-refractivity contribution in [3.8, 4) is 5.75 Å². The Bertz CT molecular complexity index is 1770. The van der Waals surface area contributed by atoms with Crippen LogP contribution in [0.4, 0.5) is 11.4 Å². The van der Waals surface area contributed by atoms with E-state index in [4.69, 9.17) is 28.8 Å². The molecule has 1 fully saturated rings. The van der Waals surface area contributed by atoms with Crippen LogP contribution in [0.1, 0.15) is 64.1 Å². The van der Waals surface area contributed by atoms with Gasteiger partial charge in [0.2, 0.25) is 5.78 Å². The molecule has 0 saturated carbocycles. The number of amides is 1. The summed E-state index contributed by atoms with van der Waals surface area (Å²) >= 11 is 0. The summed E-state index contributed by atoms with van der Waals surface area (Å²) in [5.74, 6) is -0.660. The summed E-state index contributed by atoms with van der Waals surface area (Å²) in [6.07, 6.45) is 4.92. The minimum absolute atomic E-state index is 0.0163. The van der Waals surface area contributed by atoms with E-state index in [2.05, 4.69) is 15.2 Å². The number of carboxylic acids is 1. The number of ketones is 1. The summed E-state index contributed by atoms with van der Waals surface area (Å²) in [7, 11) is 1.61. The van der Waals surface area contributed by atoms with Gasteiger partial charge in [-0.25, -0.2) is 0 Å². The average Bonchev–Trinajstić information content (AvgIpc) is 3.60. The number of aromatic nitrogens is 1. The lowest BCUT2D eigenvalue weighted by Gasteiger charge is -2.29. The number of carbonyl (C=O) groups is 3. The lowest BCUT2D eigenvalue weighted by molar-refractivity contribution is -0.138. The Morgan fingerprint density at radius 3 is 2.21 bits per heavy atom. The number of carboxylic acid groups (broad SMARTS) is 1. The van der Waals surface area contributed by atoms with Gasteiger partial charge in [0, 0.05) is 47.4 Å². The summed E-state index contributed by atoms with van der Waals surface area (Å²) in [6, 6.07) is 20.7. The van der Waals surface area contributed by atoms with Gasteiger partial charge >= 0.3 is 5.97 Å². The van der Waals surface area contributed by atoms with Gasteiger partial charge in [-0.05, 0) is 92.3 Å². The number of rotatable bonds is 22. The van der Waals surface area contributed by atoms with E-state index in [1.807, 2.05) is 60.7 Å². The topological polar surface area (TPSA) is 149 Å². The van der Waals surface area contributed by atoms with Crippen molar-refractivity contribution in [1.82, 2.24) is 4.98 Å². The fourth-order valence-electron chi connectivity index (χ4n) is 6.05. The predicted octanol–water partition coefficient (Wildman–Crippen LogP) is 6.12. The van der Waals surface area contributed by atoms with Crippen LogP contribution < -0.4 is 15.0 Å². The second kappa shape index (κ2) is 20.3. The number of H-pyrrole nitrogens is 1. The molecule has 12 nitrogen and oxygen atoms in total. The molecule has 1 aliphatic heterocycles. The number of benzene rings is 3. The van der Waals surface area contributed by atoms with E-state index in [1.54, 1.807) is 13.2 Å². The predicted molar refractivity (Wildman–Crippen MR) is 199 cm³/mol. The van der Waals surface area contributed by atoms with E-state index in [0.29, 0.717) is 74.5 Å². The molecule has 0 atom stereocenters. The van der Waals surface area contributed by atoms with Crippen molar-refractivity contribution >= 4 is 39.9 Å². The second-order valence-corrected chi connectivity index (χ2v) is 12.6. The first kappa shape index (κ1) is 38.5. The highest BCUT2D eigenvalue weighted by Crippen LogP contribution is 2.30. The van der Waals surface area contributed by atoms with Crippen molar-refractivity contribution in [1.29, 1.82) is 0 Å². The average molecular weight is 716 g/mol. The molecule has 1 aliphatic rings. The normalized spacial score (nSPS) is 13.0. The van der Waals surface area contributed by atoms with Crippen molar-refractivity contribution in [2.75, 3.05) is 83.3 Å². The van der Waals surface area contributed by atoms with Gasteiger partial charge in [0.25, 0.3) is 5.91 Å². The lowest BCUT2D eigenvalue weighted by atomic mass is 10.0. The smallest absolute Gasteiger partial charge is 0.305 e. The fraction of sp³-hybridized carbons (Fsp3) is 0.425. The van der Waals surface area contributed by atoms with Gasteiger partial charge in [-0.3, -0.25) is 14.4 Å². The van der Waals surface area contributed by atoms with E-state index in [-0.39, 0.29) is 24.7 Å². The number of aryl methyl sites for hydroxylation is 1. The zero-order chi connectivity index (χ0) is 36.5. The molecule has 1 saturated heterocycles. The molecule has 278 valence electrons. The summed E-state index contributed by atoms with van der Waals surface area (Å²) in [5, 5.41) is 12.5. The van der Waals surface area contributed by atoms with Crippen molar-refractivity contribution in [3.05, 3.63) is 89.1 Å². The van der Waals surface area contributed by atoms with Crippen LogP contribution in [0.25, 0.3) is 10.9 Å². The standard InChI is InChI=1S/C40H49N3O9/c1-48-33-11-13-35-31(26-33)27-37(41-35)39(46)34-28-32(43-15-3-2-4-16-43)10-12-36(34)42-40(47)30-9-5-7-29(25-30)8-6-17-49-19-21-51-23-24-52-22-20-50-18-14-38(44)45/h5,7,9-13,25-28,41H,2-4,6,8,14-24H2,1H3,(H,42,47)(H,44,45). The Morgan fingerprint density at radius 2 is 1.50 bits per heavy atom. The highest BCUT2D eigenvalue weighted by Gasteiger charge is 2.21. The molecule has 0 aliphatic carbocycles. The highest BCUT2D eigenvalue weighted by atomic mass is 16.6. The molecule has 4 aromatic rings. The van der Waals surface area contributed by atoms with Crippen LogP contribution in [-0.2, 0) is 30.2 Å². The minimum Gasteiger partial charge on any atom is -0.497 e. The van der Waals surface area contributed by atoms with Crippen molar-refractivity contribution in [2.45, 2.75) is 38.5 Å². The molecule has 5 rings (SSSR count). The number of hydrogen-bond donors (Lipinski definition) is 3. The number of hydrogen-bond acceptors (Lipinski definition) is 9. The first-order chi connectivity index (χ1) is 25.4. The Labute approximate surface area is 304 Å². The second-order valence-electron chi connectivity index (χ2n) is 12.6. The van der Waals surface area contributed by atoms with E-state index in [9.17, 15) is 14.4 Å². The van der Waals surface area contributed by atoms with Gasteiger partial charge in [-0.2, -0.15) is 0 Å². The number of methoxy groups -OCH3 is 1. The maximum atomic E-state index is 14.1. The number of aromatic amines is 1. The van der Waals surface area contributed by atoms with Gasteiger partial charge in [0.15, 0.2) is 0 Å². The molecule has 1 aromatic heterocycles. The van der Waals surface area contributed by atoms with Crippen molar-refractivity contribution < 1.29 is 43.2 Å². The number of aliphatic carboxylic acids is 1. The number of nitrogens with zero attached hydrogens (tertiary/aromatic N) is 1. The number of ether oxygens (including phenoxy) is 5. The Balaban J connectivity index is 1.11. The molecule has 52 heavy (non-hydrogen) atoms. The van der Waals surface area contributed by atoms with E-state index in [0.717, 1.165) is 60.9 Å². The summed E-state index contributed by atoms with van der Waals surface area (Å²) < 4.78 is 27.1. The van der Waals surface area contributed by atoms with Crippen LogP contribution in [0.15, 0.2) is 66.7 Å². The van der Waals surface area contributed by atoms with Crippen LogP contribution in [0.5, 0.6) is 5.75 Å². The van der Waals surface area contributed by atoms with Crippen LogP contribution in [0.2, 0.25) is 0 Å². The van der Waals surface area contributed by atoms with E-state index < -0.39 is 5.97 Å². The summed E-state index contributed by atoms with van der Waals surface area (Å²) in [5.41, 5.74) is 4.65. The monoisotopic (exact) mass is 715 g/mol. The van der Waals surface area contributed by atoms with Crippen molar-refractivity contribution in [3.63, 3.8) is 0 Å². The molecule has 0 radical (unpaired) electrons. The zero-order valence-corrected chi connectivity index (χ0v) is 29.8. The minimum atomic E-state index is -0.883. The maximum Gasteiger partial charge on any atom is 0.305 e. The molecule has 0 bridgehead atoms. The molecular weight excluding hydrogens is 666 g/mol. The molecule has 2 heterocycles. The first-order valence-electron chi connectivity index (χ1n) is 17.9. The molecule has 3 aromatic carbocycles. The number of piperidine rings is 1. The van der Waals surface area contributed by atoms with Gasteiger partial charge in [-0.1, -0.05) is 12.1 Å². The van der Waals surface area contributed by atoms with Crippen LogP contribution in [-0.4, -0.2) is 101 Å². The van der Waals surface area contributed by atoms with Crippen LogP contribution >= 0.6 is 0 Å². The number of fused-ring (bicyclic) bond motifs is 1. The number of nitrogens with one attached hydrogen (secondary N) is 2. The SMILES string of the molecule is COc1ccc2[nH]c(C(=O)c3cc(N4CCCCC4)ccc3NC(=O)c3cccc(CCCOCCOCCOCCOCCC(=O)O)c3)cc2c1. The van der Waals surface area contributed by atoms with Crippen LogP contribution in [0.3, 0.4) is 0 Å². The van der Waals surface area contributed by atoms with Crippen LogP contribution in [0, 0.1) is 0 Å². The first-order valence-corrected chi connectivity index (χ1v) is 17.9. The molecule has 0 spiro atoms. The zero-order valence-electron chi connectivity index (χ0n) is 29.8. The molecule has 0 unspecified atom stereocenters. The van der Waals surface area contributed by atoms with E-state index in [1.165, 1.54) is 6.42 Å². The largest absolute Gasteiger partial charge is 0.497 e. The fourth-order valence-corrected chi connectivity index (χ4v) is 6.05. The van der Waals surface area contributed by atoms with Gasteiger partial charge < -0.3 is 44.0 Å². The third kappa shape index (κ3) is 11.6. The number of carbonyl (C=O) groups excluding carboxylic acids is 2. The lowest BCUT2D eigenvalue weighted by Crippen LogP contribution is -2.29. The third-order valence-electron chi connectivity index (χ3n) is 8.81. The molecule has 12 heteroatoms. The van der Waals surface area contributed by atoms with Gasteiger partial charge in [0.05, 0.1) is 71.2 Å². The Morgan fingerprint density at radius 1 is 0.788 bits per heavy atom. The summed E-state index contributed by atoms with van der Waals surface area (Å²) in [4.78, 5) is 43.6. The Hall–Kier alpha value is -4.75. The molecule has 3 N–H and O–H groups in total. The molecule has 1 amide bonds. The maximum absolute atomic E-state index is 14.1. The molecular formula is C40H49N3O9.